The van der Waals surface area contributed by atoms with Crippen molar-refractivity contribution in [3.05, 3.63) is 47.8 Å². The monoisotopic (exact) mass is 314 g/mol. The second kappa shape index (κ2) is 8.12. The molecule has 1 unspecified atom stereocenters. The van der Waals surface area contributed by atoms with E-state index >= 15 is 0 Å². The van der Waals surface area contributed by atoms with Gasteiger partial charge >= 0.3 is 0 Å². The summed E-state index contributed by atoms with van der Waals surface area (Å²) in [7, 11) is 1.64. The van der Waals surface area contributed by atoms with Gasteiger partial charge in [0.1, 0.15) is 11.4 Å². The number of rotatable bonds is 7. The third kappa shape index (κ3) is 4.95. The summed E-state index contributed by atoms with van der Waals surface area (Å²) in [6.07, 6.45) is 2.45. The van der Waals surface area contributed by atoms with Crippen molar-refractivity contribution in [1.82, 2.24) is 15.3 Å². The van der Waals surface area contributed by atoms with Crippen LogP contribution in [-0.4, -0.2) is 29.0 Å². The highest BCUT2D eigenvalue weighted by Crippen LogP contribution is 2.12. The minimum atomic E-state index is -0.186. The zero-order valence-corrected chi connectivity index (χ0v) is 13.7. The fourth-order valence-electron chi connectivity index (χ4n) is 1.89. The number of hydrogen-bond donors (Lipinski definition) is 2. The molecule has 1 atom stereocenters. The Morgan fingerprint density at radius 1 is 1.26 bits per heavy atom. The molecule has 0 radical (unpaired) electrons. The molecule has 0 aliphatic carbocycles. The normalized spacial score (nSPS) is 11.6. The van der Waals surface area contributed by atoms with Gasteiger partial charge in [-0.25, -0.2) is 9.97 Å². The minimum Gasteiger partial charge on any atom is -0.497 e. The number of anilines is 1. The summed E-state index contributed by atoms with van der Waals surface area (Å²) in [6, 6.07) is 9.45. The molecule has 23 heavy (non-hydrogen) atoms. The van der Waals surface area contributed by atoms with Crippen molar-refractivity contribution in [1.29, 1.82) is 0 Å². The third-order valence-electron chi connectivity index (χ3n) is 3.49. The fourth-order valence-corrected chi connectivity index (χ4v) is 1.89. The molecule has 2 N–H and O–H groups in total. The van der Waals surface area contributed by atoms with Crippen LogP contribution in [0.1, 0.15) is 36.3 Å². The second-order valence-electron chi connectivity index (χ2n) is 5.25. The van der Waals surface area contributed by atoms with Crippen LogP contribution in [0.5, 0.6) is 5.75 Å². The summed E-state index contributed by atoms with van der Waals surface area (Å²) in [5.41, 5.74) is 1.43. The summed E-state index contributed by atoms with van der Waals surface area (Å²) in [5, 5.41) is 6.01. The molecular formula is C17H22N4O2. The highest BCUT2D eigenvalue weighted by molar-refractivity contribution is 5.92. The number of amides is 1. The number of nitrogens with zero attached hydrogens (tertiary/aromatic N) is 2. The average molecular weight is 314 g/mol. The molecular weight excluding hydrogens is 292 g/mol. The Bertz CT molecular complexity index is 643. The Kier molecular flexibility index (Phi) is 5.91. The minimum absolute atomic E-state index is 0.119. The average Bonchev–Trinajstić information content (AvgIpc) is 2.60. The van der Waals surface area contributed by atoms with E-state index in [1.165, 1.54) is 0 Å². The first kappa shape index (κ1) is 16.7. The predicted molar refractivity (Wildman–Crippen MR) is 89.6 cm³/mol. The molecule has 0 aliphatic heterocycles. The van der Waals surface area contributed by atoms with Crippen LogP contribution >= 0.6 is 0 Å². The van der Waals surface area contributed by atoms with Crippen molar-refractivity contribution < 1.29 is 9.53 Å². The summed E-state index contributed by atoms with van der Waals surface area (Å²) >= 11 is 0. The molecule has 0 saturated heterocycles. The maximum absolute atomic E-state index is 12.1. The van der Waals surface area contributed by atoms with E-state index in [4.69, 9.17) is 4.74 Å². The fraction of sp³-hybridized carbons (Fsp3) is 0.353. The van der Waals surface area contributed by atoms with Crippen LogP contribution in [0.2, 0.25) is 0 Å². The van der Waals surface area contributed by atoms with Gasteiger partial charge in [0.25, 0.3) is 5.91 Å². The first-order valence-electron chi connectivity index (χ1n) is 7.63. The highest BCUT2D eigenvalue weighted by Gasteiger charge is 2.10. The van der Waals surface area contributed by atoms with Crippen molar-refractivity contribution in [2.24, 2.45) is 0 Å². The van der Waals surface area contributed by atoms with Crippen molar-refractivity contribution >= 4 is 11.9 Å². The van der Waals surface area contributed by atoms with E-state index in [-0.39, 0.29) is 11.9 Å². The number of aromatic nitrogens is 2. The lowest BCUT2D eigenvalue weighted by atomic mass is 10.2. The zero-order valence-electron chi connectivity index (χ0n) is 13.7. The SMILES string of the molecule is CCC(C)NC(=O)c1ccnc(NCc2ccc(OC)cc2)n1. The van der Waals surface area contributed by atoms with Gasteiger partial charge in [0, 0.05) is 18.8 Å². The number of carbonyl (C=O) groups is 1. The number of nitrogens with one attached hydrogen (secondary N) is 2. The van der Waals surface area contributed by atoms with Crippen molar-refractivity contribution in [2.75, 3.05) is 12.4 Å². The van der Waals surface area contributed by atoms with E-state index < -0.39 is 0 Å². The standard InChI is InChI=1S/C17H22N4O2/c1-4-12(2)20-16(22)15-9-10-18-17(21-15)19-11-13-5-7-14(23-3)8-6-13/h5-10,12H,4,11H2,1-3H3,(H,20,22)(H,18,19,21). The molecule has 122 valence electrons. The van der Waals surface area contributed by atoms with Crippen LogP contribution in [0.25, 0.3) is 0 Å². The second-order valence-corrected chi connectivity index (χ2v) is 5.25. The van der Waals surface area contributed by atoms with E-state index in [0.29, 0.717) is 18.2 Å². The van der Waals surface area contributed by atoms with Crippen LogP contribution < -0.4 is 15.4 Å². The van der Waals surface area contributed by atoms with Crippen LogP contribution in [0, 0.1) is 0 Å². The molecule has 0 fully saturated rings. The van der Waals surface area contributed by atoms with Crippen LogP contribution in [0.4, 0.5) is 5.95 Å². The number of hydrogen-bond acceptors (Lipinski definition) is 5. The largest absolute Gasteiger partial charge is 0.497 e. The van der Waals surface area contributed by atoms with Crippen molar-refractivity contribution in [3.63, 3.8) is 0 Å². The predicted octanol–water partition coefficient (Wildman–Crippen LogP) is 2.63. The van der Waals surface area contributed by atoms with Gasteiger partial charge in [0.15, 0.2) is 0 Å². The van der Waals surface area contributed by atoms with Gasteiger partial charge in [-0.15, -0.1) is 0 Å². The first-order chi connectivity index (χ1) is 11.1. The van der Waals surface area contributed by atoms with E-state index in [2.05, 4.69) is 20.6 Å². The zero-order chi connectivity index (χ0) is 16.7. The van der Waals surface area contributed by atoms with Gasteiger partial charge < -0.3 is 15.4 Å². The molecule has 0 saturated carbocycles. The Balaban J connectivity index is 1.97. The maximum Gasteiger partial charge on any atom is 0.270 e. The van der Waals surface area contributed by atoms with Gasteiger partial charge in [-0.1, -0.05) is 19.1 Å². The number of methoxy groups -OCH3 is 1. The molecule has 2 aromatic rings. The summed E-state index contributed by atoms with van der Waals surface area (Å²) in [5.74, 6) is 1.06. The highest BCUT2D eigenvalue weighted by atomic mass is 16.5. The van der Waals surface area contributed by atoms with E-state index in [9.17, 15) is 4.79 Å². The Morgan fingerprint density at radius 3 is 2.65 bits per heavy atom. The van der Waals surface area contributed by atoms with Gasteiger partial charge in [-0.2, -0.15) is 0 Å². The van der Waals surface area contributed by atoms with Crippen molar-refractivity contribution in [2.45, 2.75) is 32.9 Å². The first-order valence-corrected chi connectivity index (χ1v) is 7.63. The van der Waals surface area contributed by atoms with Gasteiger partial charge in [0.05, 0.1) is 7.11 Å². The quantitative estimate of drug-likeness (QED) is 0.821. The molecule has 0 aliphatic rings. The smallest absolute Gasteiger partial charge is 0.270 e. The molecule has 6 nitrogen and oxygen atoms in total. The number of carbonyl (C=O) groups excluding carboxylic acids is 1. The van der Waals surface area contributed by atoms with E-state index in [1.54, 1.807) is 19.4 Å². The molecule has 6 heteroatoms. The topological polar surface area (TPSA) is 76.1 Å². The van der Waals surface area contributed by atoms with Crippen LogP contribution in [-0.2, 0) is 6.54 Å². The third-order valence-corrected chi connectivity index (χ3v) is 3.49. The summed E-state index contributed by atoms with van der Waals surface area (Å²) in [6.45, 7) is 4.55. The molecule has 0 spiro atoms. The lowest BCUT2D eigenvalue weighted by Crippen LogP contribution is -2.32. The van der Waals surface area contributed by atoms with Crippen molar-refractivity contribution in [3.8, 4) is 5.75 Å². The van der Waals surface area contributed by atoms with E-state index in [0.717, 1.165) is 17.7 Å². The van der Waals surface area contributed by atoms with Gasteiger partial charge in [-0.05, 0) is 37.1 Å². The van der Waals surface area contributed by atoms with E-state index in [1.807, 2.05) is 38.1 Å². The molecule has 2 rings (SSSR count). The van der Waals surface area contributed by atoms with Gasteiger partial charge in [0.2, 0.25) is 5.95 Å². The number of benzene rings is 1. The van der Waals surface area contributed by atoms with Gasteiger partial charge in [-0.3, -0.25) is 4.79 Å². The lowest BCUT2D eigenvalue weighted by molar-refractivity contribution is 0.0934. The van der Waals surface area contributed by atoms with Crippen LogP contribution in [0.15, 0.2) is 36.5 Å². The Hall–Kier alpha value is -2.63. The molecule has 1 heterocycles. The lowest BCUT2D eigenvalue weighted by Gasteiger charge is -2.11. The maximum atomic E-state index is 12.1. The summed E-state index contributed by atoms with van der Waals surface area (Å²) in [4.78, 5) is 20.5. The number of ether oxygens (including phenoxy) is 1. The van der Waals surface area contributed by atoms with Crippen LogP contribution in [0.3, 0.4) is 0 Å². The molecule has 1 aromatic heterocycles. The Morgan fingerprint density at radius 2 is 2.00 bits per heavy atom. The Labute approximate surface area is 136 Å². The summed E-state index contributed by atoms with van der Waals surface area (Å²) < 4.78 is 5.13. The molecule has 1 aromatic carbocycles. The molecule has 0 bridgehead atoms. The molecule has 1 amide bonds.